The molecule has 1 amide bonds. The predicted octanol–water partition coefficient (Wildman–Crippen LogP) is 2.11. The number of nitrogens with zero attached hydrogens (tertiary/aromatic N) is 2. The van der Waals surface area contributed by atoms with E-state index in [0.717, 1.165) is 11.3 Å². The highest BCUT2D eigenvalue weighted by Gasteiger charge is 2.05. The van der Waals surface area contributed by atoms with Crippen LogP contribution in [0.1, 0.15) is 11.3 Å². The summed E-state index contributed by atoms with van der Waals surface area (Å²) in [5.74, 6) is 0.859. The molecule has 0 aliphatic rings. The number of rotatable bonds is 4. The van der Waals surface area contributed by atoms with E-state index >= 15 is 0 Å². The van der Waals surface area contributed by atoms with Crippen LogP contribution >= 0.6 is 0 Å². The van der Waals surface area contributed by atoms with Gasteiger partial charge in [-0.15, -0.1) is 0 Å². The number of para-hydroxylation sites is 1. The Hall–Kier alpha value is -2.43. The monoisotopic (exact) mass is 257 g/mol. The number of amides is 1. The summed E-state index contributed by atoms with van der Waals surface area (Å²) in [4.78, 5) is 19.8. The lowest BCUT2D eigenvalue weighted by molar-refractivity contribution is -0.118. The normalized spacial score (nSPS) is 10.0. The van der Waals surface area contributed by atoms with Gasteiger partial charge in [0.15, 0.2) is 12.4 Å². The van der Waals surface area contributed by atoms with Crippen molar-refractivity contribution in [2.24, 2.45) is 0 Å². The molecule has 5 nitrogen and oxygen atoms in total. The number of benzene rings is 1. The minimum absolute atomic E-state index is 0.0551. The molecule has 0 bridgehead atoms. The maximum absolute atomic E-state index is 11.7. The molecule has 0 saturated heterocycles. The van der Waals surface area contributed by atoms with Gasteiger partial charge in [-0.05, 0) is 25.5 Å². The van der Waals surface area contributed by atoms with E-state index in [1.54, 1.807) is 6.20 Å². The van der Waals surface area contributed by atoms with Gasteiger partial charge >= 0.3 is 0 Å². The molecular weight excluding hydrogens is 242 g/mol. The van der Waals surface area contributed by atoms with Crippen molar-refractivity contribution < 1.29 is 9.53 Å². The number of aryl methyl sites for hydroxylation is 2. The second-order valence-electron chi connectivity index (χ2n) is 4.15. The van der Waals surface area contributed by atoms with Gasteiger partial charge in [0.05, 0.1) is 18.1 Å². The molecule has 0 saturated carbocycles. The Morgan fingerprint density at radius 2 is 2.00 bits per heavy atom. The van der Waals surface area contributed by atoms with Crippen LogP contribution in [0.2, 0.25) is 0 Å². The van der Waals surface area contributed by atoms with Gasteiger partial charge in [-0.3, -0.25) is 9.78 Å². The first-order valence-electron chi connectivity index (χ1n) is 5.92. The summed E-state index contributed by atoms with van der Waals surface area (Å²) in [6, 6.07) is 7.54. The zero-order chi connectivity index (χ0) is 13.7. The molecule has 98 valence electrons. The van der Waals surface area contributed by atoms with Crippen LogP contribution in [-0.2, 0) is 4.79 Å². The smallest absolute Gasteiger partial charge is 0.263 e. The largest absolute Gasteiger partial charge is 0.483 e. The summed E-state index contributed by atoms with van der Waals surface area (Å²) in [5, 5.41) is 2.62. The van der Waals surface area contributed by atoms with Crippen molar-refractivity contribution in [3.8, 4) is 5.75 Å². The Kier molecular flexibility index (Phi) is 4.07. The highest BCUT2D eigenvalue weighted by molar-refractivity contribution is 5.90. The number of anilines is 1. The number of ether oxygens (including phenoxy) is 1. The molecule has 1 aromatic carbocycles. The van der Waals surface area contributed by atoms with E-state index in [0.29, 0.717) is 11.6 Å². The van der Waals surface area contributed by atoms with Gasteiger partial charge in [0.1, 0.15) is 5.75 Å². The van der Waals surface area contributed by atoms with Crippen molar-refractivity contribution in [2.75, 3.05) is 11.9 Å². The molecule has 0 spiro atoms. The molecule has 0 unspecified atom stereocenters. The lowest BCUT2D eigenvalue weighted by Gasteiger charge is -2.08. The van der Waals surface area contributed by atoms with Gasteiger partial charge in [-0.25, -0.2) is 4.98 Å². The molecule has 2 aromatic rings. The maximum Gasteiger partial charge on any atom is 0.263 e. The Bertz CT molecular complexity index is 567. The van der Waals surface area contributed by atoms with Gasteiger partial charge in [-0.2, -0.15) is 0 Å². The topological polar surface area (TPSA) is 64.1 Å². The zero-order valence-corrected chi connectivity index (χ0v) is 10.9. The van der Waals surface area contributed by atoms with Crippen LogP contribution in [0.3, 0.4) is 0 Å². The number of hydrogen-bond donors (Lipinski definition) is 1. The van der Waals surface area contributed by atoms with Crippen LogP contribution in [0.15, 0.2) is 36.7 Å². The van der Waals surface area contributed by atoms with Gasteiger partial charge in [0.25, 0.3) is 5.91 Å². The molecule has 1 aromatic heterocycles. The van der Waals surface area contributed by atoms with Crippen molar-refractivity contribution >= 4 is 11.7 Å². The third kappa shape index (κ3) is 3.77. The Labute approximate surface area is 111 Å². The molecule has 2 rings (SSSR count). The summed E-state index contributed by atoms with van der Waals surface area (Å²) >= 11 is 0. The fourth-order valence-corrected chi connectivity index (χ4v) is 1.50. The van der Waals surface area contributed by atoms with E-state index in [1.165, 1.54) is 6.20 Å². The number of hydrogen-bond acceptors (Lipinski definition) is 4. The predicted molar refractivity (Wildman–Crippen MR) is 72.1 cm³/mol. The Balaban J connectivity index is 1.88. The number of aromatic nitrogens is 2. The first-order chi connectivity index (χ1) is 9.15. The van der Waals surface area contributed by atoms with Crippen molar-refractivity contribution in [3.63, 3.8) is 0 Å². The van der Waals surface area contributed by atoms with Crippen molar-refractivity contribution in [1.29, 1.82) is 0 Å². The standard InChI is InChI=1S/C14H15N3O2/c1-10-5-3-4-6-12(10)19-9-14(18)17-13-8-15-11(2)7-16-13/h3-8H,9H2,1-2H3,(H,16,17,18). The zero-order valence-electron chi connectivity index (χ0n) is 10.9. The van der Waals surface area contributed by atoms with Crippen molar-refractivity contribution in [2.45, 2.75) is 13.8 Å². The van der Waals surface area contributed by atoms with Crippen LogP contribution in [-0.4, -0.2) is 22.5 Å². The number of carbonyl (C=O) groups excluding carboxylic acids is 1. The summed E-state index contributed by atoms with van der Waals surface area (Å²) in [6.45, 7) is 3.71. The molecule has 0 atom stereocenters. The van der Waals surface area contributed by atoms with Crippen LogP contribution in [0, 0.1) is 13.8 Å². The van der Waals surface area contributed by atoms with Crippen LogP contribution in [0.5, 0.6) is 5.75 Å². The van der Waals surface area contributed by atoms with Crippen LogP contribution in [0.4, 0.5) is 5.82 Å². The molecule has 0 radical (unpaired) electrons. The van der Waals surface area contributed by atoms with E-state index in [9.17, 15) is 4.79 Å². The second-order valence-corrected chi connectivity index (χ2v) is 4.15. The Morgan fingerprint density at radius 3 is 2.68 bits per heavy atom. The number of nitrogens with one attached hydrogen (secondary N) is 1. The molecule has 0 aliphatic heterocycles. The lowest BCUT2D eigenvalue weighted by Crippen LogP contribution is -2.21. The molecule has 0 fully saturated rings. The highest BCUT2D eigenvalue weighted by Crippen LogP contribution is 2.15. The molecular formula is C14H15N3O2. The third-order valence-corrected chi connectivity index (χ3v) is 2.50. The van der Waals surface area contributed by atoms with Crippen molar-refractivity contribution in [1.82, 2.24) is 9.97 Å². The van der Waals surface area contributed by atoms with Gasteiger partial charge < -0.3 is 10.1 Å². The van der Waals surface area contributed by atoms with Gasteiger partial charge in [0, 0.05) is 0 Å². The van der Waals surface area contributed by atoms with E-state index in [2.05, 4.69) is 15.3 Å². The molecule has 5 heteroatoms. The van der Waals surface area contributed by atoms with Gasteiger partial charge in [-0.1, -0.05) is 18.2 Å². The minimum atomic E-state index is -0.263. The van der Waals surface area contributed by atoms with Crippen LogP contribution in [0.25, 0.3) is 0 Å². The highest BCUT2D eigenvalue weighted by atomic mass is 16.5. The van der Waals surface area contributed by atoms with E-state index in [1.807, 2.05) is 38.1 Å². The maximum atomic E-state index is 11.7. The third-order valence-electron chi connectivity index (χ3n) is 2.50. The van der Waals surface area contributed by atoms with E-state index < -0.39 is 0 Å². The van der Waals surface area contributed by atoms with E-state index in [-0.39, 0.29) is 12.5 Å². The van der Waals surface area contributed by atoms with Crippen LogP contribution < -0.4 is 10.1 Å². The fourth-order valence-electron chi connectivity index (χ4n) is 1.50. The number of carbonyl (C=O) groups is 1. The van der Waals surface area contributed by atoms with E-state index in [4.69, 9.17) is 4.74 Å². The average molecular weight is 257 g/mol. The van der Waals surface area contributed by atoms with Gasteiger partial charge in [0.2, 0.25) is 0 Å². The SMILES string of the molecule is Cc1cnc(NC(=O)COc2ccccc2C)cn1. The summed E-state index contributed by atoms with van der Waals surface area (Å²) in [5.41, 5.74) is 1.79. The quantitative estimate of drug-likeness (QED) is 0.911. The second kappa shape index (κ2) is 5.95. The van der Waals surface area contributed by atoms with Crippen molar-refractivity contribution in [3.05, 3.63) is 47.9 Å². The molecule has 1 heterocycles. The summed E-state index contributed by atoms with van der Waals surface area (Å²) in [6.07, 6.45) is 3.11. The molecule has 1 N–H and O–H groups in total. The molecule has 0 aliphatic carbocycles. The summed E-state index contributed by atoms with van der Waals surface area (Å²) < 4.78 is 5.43. The average Bonchev–Trinajstić information content (AvgIpc) is 2.40. The fraction of sp³-hybridized carbons (Fsp3) is 0.214. The summed E-state index contributed by atoms with van der Waals surface area (Å²) in [7, 11) is 0. The molecule has 19 heavy (non-hydrogen) atoms. The lowest BCUT2D eigenvalue weighted by atomic mass is 10.2. The first-order valence-corrected chi connectivity index (χ1v) is 5.92. The Morgan fingerprint density at radius 1 is 1.21 bits per heavy atom. The first kappa shape index (κ1) is 13.0. The minimum Gasteiger partial charge on any atom is -0.483 e.